The molecule has 8 nitrogen and oxygen atoms in total. The molecule has 2 heterocycles. The first kappa shape index (κ1) is 25.6. The highest BCUT2D eigenvalue weighted by Crippen LogP contribution is 2.47. The molecule has 8 heteroatoms. The van der Waals surface area contributed by atoms with Gasteiger partial charge in [-0.1, -0.05) is 25.3 Å². The Kier molecular flexibility index (Phi) is 7.22. The summed E-state index contributed by atoms with van der Waals surface area (Å²) in [5, 5.41) is 16.4. The van der Waals surface area contributed by atoms with Gasteiger partial charge in [-0.25, -0.2) is 4.79 Å². The van der Waals surface area contributed by atoms with Crippen LogP contribution < -0.4 is 15.4 Å². The molecule has 2 aliphatic rings. The third-order valence-corrected chi connectivity index (χ3v) is 7.61. The van der Waals surface area contributed by atoms with Gasteiger partial charge in [0.15, 0.2) is 0 Å². The molecule has 0 radical (unpaired) electrons. The number of aromatic carboxylic acids is 1. The van der Waals surface area contributed by atoms with Crippen LogP contribution in [0.1, 0.15) is 66.4 Å². The monoisotopic (exact) mass is 515 g/mol. The summed E-state index contributed by atoms with van der Waals surface area (Å²) in [7, 11) is 1.62. The van der Waals surface area contributed by atoms with E-state index in [4.69, 9.17) is 4.74 Å². The Bertz CT molecular complexity index is 1450. The normalized spacial score (nSPS) is 15.2. The second kappa shape index (κ2) is 10.7. The molecule has 0 saturated heterocycles. The largest absolute Gasteiger partial charge is 0.497 e. The zero-order valence-electron chi connectivity index (χ0n) is 21.8. The molecule has 2 aromatic carbocycles. The van der Waals surface area contributed by atoms with E-state index < -0.39 is 5.97 Å². The van der Waals surface area contributed by atoms with E-state index in [0.717, 1.165) is 40.6 Å². The maximum Gasteiger partial charge on any atom is 0.335 e. The predicted molar refractivity (Wildman–Crippen MR) is 146 cm³/mol. The number of carboxylic acids is 1. The number of carboxylic acid groups (broad SMARTS) is 1. The molecule has 1 aliphatic carbocycles. The molecule has 2 amide bonds. The lowest BCUT2D eigenvalue weighted by atomic mass is 9.81. The summed E-state index contributed by atoms with van der Waals surface area (Å²) in [5.41, 5.74) is 5.76. The van der Waals surface area contributed by atoms with Gasteiger partial charge >= 0.3 is 5.97 Å². The Morgan fingerprint density at radius 2 is 1.79 bits per heavy atom. The number of ether oxygens (including phenoxy) is 1. The first-order valence-electron chi connectivity index (χ1n) is 13.2. The van der Waals surface area contributed by atoms with Crippen molar-refractivity contribution >= 4 is 34.8 Å². The first-order chi connectivity index (χ1) is 18.4. The van der Waals surface area contributed by atoms with Crippen LogP contribution in [0.3, 0.4) is 0 Å². The van der Waals surface area contributed by atoms with Crippen molar-refractivity contribution in [1.29, 1.82) is 0 Å². The van der Waals surface area contributed by atoms with E-state index in [-0.39, 0.29) is 17.4 Å². The van der Waals surface area contributed by atoms with Crippen LogP contribution in [-0.2, 0) is 16.1 Å². The number of carbonyl (C=O) groups excluding carboxylic acids is 2. The molecule has 0 atom stereocenters. The van der Waals surface area contributed by atoms with Crippen molar-refractivity contribution in [3.8, 4) is 17.0 Å². The quantitative estimate of drug-likeness (QED) is 0.395. The first-order valence-corrected chi connectivity index (χ1v) is 13.2. The van der Waals surface area contributed by atoms with Crippen LogP contribution in [0.25, 0.3) is 28.2 Å². The third-order valence-electron chi connectivity index (χ3n) is 7.61. The minimum absolute atomic E-state index is 0.151. The number of nitrogens with zero attached hydrogens (tertiary/aromatic N) is 1. The fraction of sp³-hybridized carbons (Fsp3) is 0.367. The van der Waals surface area contributed by atoms with Crippen LogP contribution in [0.15, 0.2) is 42.0 Å². The van der Waals surface area contributed by atoms with Crippen molar-refractivity contribution in [3.63, 3.8) is 0 Å². The van der Waals surface area contributed by atoms with E-state index in [2.05, 4.69) is 15.2 Å². The highest BCUT2D eigenvalue weighted by molar-refractivity contribution is 6.03. The lowest BCUT2D eigenvalue weighted by Gasteiger charge is -2.24. The van der Waals surface area contributed by atoms with Crippen LogP contribution in [0, 0.1) is 0 Å². The fourth-order valence-corrected chi connectivity index (χ4v) is 5.84. The smallest absolute Gasteiger partial charge is 0.335 e. The van der Waals surface area contributed by atoms with Gasteiger partial charge < -0.3 is 25.0 Å². The average molecular weight is 516 g/mol. The van der Waals surface area contributed by atoms with Crippen LogP contribution in [-0.4, -0.2) is 47.7 Å². The van der Waals surface area contributed by atoms with Crippen molar-refractivity contribution < 1.29 is 24.2 Å². The van der Waals surface area contributed by atoms with Gasteiger partial charge in [-0.3, -0.25) is 9.59 Å². The van der Waals surface area contributed by atoms with Gasteiger partial charge in [0.05, 0.1) is 24.9 Å². The number of carbonyl (C=O) groups is 3. The molecule has 1 aliphatic heterocycles. The van der Waals surface area contributed by atoms with E-state index in [1.54, 1.807) is 19.2 Å². The molecule has 1 fully saturated rings. The van der Waals surface area contributed by atoms with Gasteiger partial charge in [0, 0.05) is 42.1 Å². The number of amides is 2. The zero-order valence-corrected chi connectivity index (χ0v) is 21.8. The van der Waals surface area contributed by atoms with Gasteiger partial charge in [-0.05, 0) is 66.3 Å². The molecule has 0 unspecified atom stereocenters. The van der Waals surface area contributed by atoms with Crippen LogP contribution in [0.2, 0.25) is 0 Å². The molecule has 198 valence electrons. The fourth-order valence-electron chi connectivity index (χ4n) is 5.84. The molecule has 3 aromatic rings. The van der Waals surface area contributed by atoms with E-state index >= 15 is 0 Å². The molecular weight excluding hydrogens is 482 g/mol. The molecule has 3 N–H and O–H groups in total. The minimum atomic E-state index is -0.980. The van der Waals surface area contributed by atoms with Gasteiger partial charge in [0.25, 0.3) is 0 Å². The Morgan fingerprint density at radius 1 is 1.03 bits per heavy atom. The summed E-state index contributed by atoms with van der Waals surface area (Å²) in [6.07, 6.45) is 7.63. The summed E-state index contributed by atoms with van der Waals surface area (Å²) in [6, 6.07) is 11.3. The number of benzene rings is 2. The number of methoxy groups -OCH3 is 1. The summed E-state index contributed by atoms with van der Waals surface area (Å²) in [4.78, 5) is 36.5. The zero-order chi connectivity index (χ0) is 26.8. The lowest BCUT2D eigenvalue weighted by molar-refractivity contribution is -0.120. The Hall–Kier alpha value is -4.07. The highest BCUT2D eigenvalue weighted by Gasteiger charge is 2.30. The van der Waals surface area contributed by atoms with Crippen molar-refractivity contribution in [1.82, 2.24) is 15.2 Å². The van der Waals surface area contributed by atoms with E-state index in [0.29, 0.717) is 36.9 Å². The van der Waals surface area contributed by atoms with E-state index in [9.17, 15) is 19.5 Å². The van der Waals surface area contributed by atoms with Crippen molar-refractivity contribution in [3.05, 3.63) is 58.7 Å². The third kappa shape index (κ3) is 4.90. The molecule has 5 rings (SSSR count). The SMILES string of the molecule is COc1ccc2c(c1)C=C(C(=O)NCCNC(C)=O)Cn1c-2c(C2CCCCC2)c2ccc(C(=O)O)cc21. The van der Waals surface area contributed by atoms with Gasteiger partial charge in [0.1, 0.15) is 5.75 Å². The number of aromatic nitrogens is 1. The van der Waals surface area contributed by atoms with Gasteiger partial charge in [0.2, 0.25) is 11.8 Å². The molecular formula is C30H33N3O5. The second-order valence-electron chi connectivity index (χ2n) is 10.1. The number of rotatable bonds is 7. The van der Waals surface area contributed by atoms with Crippen LogP contribution in [0.5, 0.6) is 5.75 Å². The second-order valence-corrected chi connectivity index (χ2v) is 10.1. The topological polar surface area (TPSA) is 110 Å². The molecule has 0 bridgehead atoms. The molecule has 0 spiro atoms. The number of nitrogens with one attached hydrogen (secondary N) is 2. The number of fused-ring (bicyclic) bond motifs is 5. The van der Waals surface area contributed by atoms with E-state index in [1.807, 2.05) is 30.3 Å². The standard InChI is InChI=1S/C30H33N3O5/c1-18(34)31-12-13-32-29(35)22-14-21-15-23(38-2)9-11-24(21)28-27(19-6-4-3-5-7-19)25-10-8-20(30(36)37)16-26(25)33(28)17-22/h8-11,14-16,19H,3-7,12-13,17H2,1-2H3,(H,31,34)(H,32,35)(H,36,37). The minimum Gasteiger partial charge on any atom is -0.497 e. The predicted octanol–water partition coefficient (Wildman–Crippen LogP) is 4.71. The summed E-state index contributed by atoms with van der Waals surface area (Å²) < 4.78 is 7.63. The lowest BCUT2D eigenvalue weighted by Crippen LogP contribution is -2.34. The molecule has 1 aromatic heterocycles. The number of hydrogen-bond donors (Lipinski definition) is 3. The highest BCUT2D eigenvalue weighted by atomic mass is 16.5. The average Bonchev–Trinajstić information content (AvgIpc) is 3.13. The Balaban J connectivity index is 1.69. The molecule has 1 saturated carbocycles. The van der Waals surface area contributed by atoms with Gasteiger partial charge in [-0.2, -0.15) is 0 Å². The van der Waals surface area contributed by atoms with Crippen LogP contribution in [0.4, 0.5) is 0 Å². The van der Waals surface area contributed by atoms with Crippen molar-refractivity contribution in [2.45, 2.75) is 51.5 Å². The number of hydrogen-bond acceptors (Lipinski definition) is 4. The van der Waals surface area contributed by atoms with Crippen molar-refractivity contribution in [2.75, 3.05) is 20.2 Å². The maximum absolute atomic E-state index is 13.4. The summed E-state index contributed by atoms with van der Waals surface area (Å²) in [5.74, 6) is -0.301. The van der Waals surface area contributed by atoms with E-state index in [1.165, 1.54) is 31.7 Å². The Labute approximate surface area is 221 Å². The maximum atomic E-state index is 13.4. The van der Waals surface area contributed by atoms with Crippen molar-refractivity contribution in [2.24, 2.45) is 0 Å². The molecule has 38 heavy (non-hydrogen) atoms. The summed E-state index contributed by atoms with van der Waals surface area (Å²) in [6.45, 7) is 2.37. The van der Waals surface area contributed by atoms with Gasteiger partial charge in [-0.15, -0.1) is 0 Å². The van der Waals surface area contributed by atoms with Crippen LogP contribution >= 0.6 is 0 Å². The Morgan fingerprint density at radius 3 is 2.50 bits per heavy atom. The summed E-state index contributed by atoms with van der Waals surface area (Å²) >= 11 is 0.